The van der Waals surface area contributed by atoms with Gasteiger partial charge in [-0.2, -0.15) is 4.98 Å². The number of alkyl halides is 2. The highest BCUT2D eigenvalue weighted by Gasteiger charge is 2.53. The van der Waals surface area contributed by atoms with Crippen molar-refractivity contribution in [3.63, 3.8) is 0 Å². The van der Waals surface area contributed by atoms with Crippen LogP contribution in [0.2, 0.25) is 0 Å². The van der Waals surface area contributed by atoms with Crippen LogP contribution in [0.1, 0.15) is 32.7 Å². The monoisotopic (exact) mass is 794 g/mol. The van der Waals surface area contributed by atoms with E-state index in [2.05, 4.69) is 47.5 Å². The largest absolute Gasteiger partial charge is 0.386 e. The molecule has 0 spiro atoms. The maximum Gasteiger partial charge on any atom is 0.386 e. The Morgan fingerprint density at radius 3 is 2.41 bits per heavy atom. The second kappa shape index (κ2) is 13.8. The van der Waals surface area contributed by atoms with Crippen molar-refractivity contribution in [2.45, 2.75) is 69.5 Å². The molecule has 0 aromatic carbocycles. The average Bonchev–Trinajstić information content (AvgIpc) is 3.82. The number of halogens is 2. The van der Waals surface area contributed by atoms with Crippen molar-refractivity contribution >= 4 is 77.6 Å². The lowest BCUT2D eigenvalue weighted by molar-refractivity contribution is -0.118. The molecule has 4 aromatic heterocycles. The molecule has 2 unspecified atom stereocenters. The van der Waals surface area contributed by atoms with Gasteiger partial charge in [0.05, 0.1) is 32.0 Å². The number of nitrogens with zero attached hydrogens (tertiary/aromatic N) is 7. The van der Waals surface area contributed by atoms with E-state index in [0.29, 0.717) is 0 Å². The third kappa shape index (κ3) is 7.07. The van der Waals surface area contributed by atoms with Crippen LogP contribution in [0.3, 0.4) is 0 Å². The Morgan fingerprint density at radius 1 is 1.06 bits per heavy atom. The standard InChI is InChI=1S/C25H30F2N10O10P2S2/c1-9(2)21(38)34-25-33-20-15(22(39)35-25)32-8-37(20)24-13(27)17-11(45-24)5-43-49(41,51)46-16-10(3-4-42-48(40,50)47-17)44-23(12(16)26)36-7-31-14-18(28)29-6-30-19(14)36/h6-13,16-17,23-24H,3-5H2,1-2H3,(H,40,50)(H,41,51)(H2,28,29,30)(H2,33,34,35,38,39)/t10-,11-,12-,13-,16-,17-,23-,24-,48?,49?/m1/s1. The molecule has 20 nitrogen and oxygen atoms in total. The number of aromatic amines is 1. The van der Waals surface area contributed by atoms with E-state index in [4.69, 9.17) is 45.1 Å². The van der Waals surface area contributed by atoms with E-state index in [-0.39, 0.29) is 40.5 Å². The molecule has 0 aliphatic carbocycles. The lowest BCUT2D eigenvalue weighted by Gasteiger charge is -2.25. The minimum absolute atomic E-state index is 0.0550. The molecule has 5 N–H and O–H groups in total. The Labute approximate surface area is 295 Å². The molecule has 4 aromatic rings. The number of amides is 1. The summed E-state index contributed by atoms with van der Waals surface area (Å²) < 4.78 is 82.1. The molecule has 3 aliphatic rings. The summed E-state index contributed by atoms with van der Waals surface area (Å²) in [7, 11) is 0. The van der Waals surface area contributed by atoms with Gasteiger partial charge >= 0.3 is 13.5 Å². The summed E-state index contributed by atoms with van der Waals surface area (Å²) in [5, 5.41) is 2.46. The Balaban J connectivity index is 1.15. The van der Waals surface area contributed by atoms with Crippen LogP contribution in [0.15, 0.2) is 23.8 Å². The smallest absolute Gasteiger partial charge is 0.382 e. The number of nitrogens with two attached hydrogens (primary N) is 1. The maximum atomic E-state index is 16.3. The molecule has 0 radical (unpaired) electrons. The van der Waals surface area contributed by atoms with E-state index in [1.807, 2.05) is 0 Å². The fraction of sp³-hybridized carbons (Fsp3) is 0.560. The molecule has 276 valence electrons. The predicted octanol–water partition coefficient (Wildman–Crippen LogP) is 2.07. The Hall–Kier alpha value is -3.02. The lowest BCUT2D eigenvalue weighted by Crippen LogP contribution is -2.34. The zero-order valence-corrected chi connectivity index (χ0v) is 29.9. The minimum Gasteiger partial charge on any atom is -0.382 e. The first kappa shape index (κ1) is 36.3. The summed E-state index contributed by atoms with van der Waals surface area (Å²) >= 11 is 9.23. The summed E-state index contributed by atoms with van der Waals surface area (Å²) in [6, 6.07) is 0. The molecule has 1 amide bonds. The summed E-state index contributed by atoms with van der Waals surface area (Å²) in [4.78, 5) is 58.8. The van der Waals surface area contributed by atoms with Crippen molar-refractivity contribution in [1.82, 2.24) is 39.0 Å². The van der Waals surface area contributed by atoms with Crippen molar-refractivity contribution in [2.24, 2.45) is 5.92 Å². The lowest BCUT2D eigenvalue weighted by atomic mass is 10.1. The van der Waals surface area contributed by atoms with E-state index >= 15 is 8.78 Å². The number of thiol groups is 1. The second-order valence-electron chi connectivity index (χ2n) is 12.0. The van der Waals surface area contributed by atoms with Gasteiger partial charge in [-0.05, 0) is 11.8 Å². The molecule has 26 heteroatoms. The summed E-state index contributed by atoms with van der Waals surface area (Å²) in [6.45, 7) is -6.58. The number of fused-ring (bicyclic) bond motifs is 4. The summed E-state index contributed by atoms with van der Waals surface area (Å²) in [5.41, 5.74) is 5.11. The van der Waals surface area contributed by atoms with Crippen LogP contribution >= 0.6 is 25.8 Å². The molecule has 51 heavy (non-hydrogen) atoms. The van der Waals surface area contributed by atoms with Gasteiger partial charge in [0.2, 0.25) is 11.9 Å². The van der Waals surface area contributed by atoms with Crippen LogP contribution in [-0.4, -0.2) is 99.8 Å². The van der Waals surface area contributed by atoms with E-state index in [9.17, 15) is 19.0 Å². The molecule has 3 fully saturated rings. The average molecular weight is 795 g/mol. The predicted molar refractivity (Wildman–Crippen MR) is 178 cm³/mol. The van der Waals surface area contributed by atoms with E-state index in [1.165, 1.54) is 17.2 Å². The SMILES string of the molecule is CC(C)C(=O)Nc1nc2c(ncn2[C@@H]2O[C@@H]3COP(O)(=S)O[C@H]4[C@@H](F)[C@H](n5cnc6c(N)ncnc65)O[C@@H]4CCOP(=O)(S)O[C@H]3[C@H]2F)c(=O)[nH]1. The number of aromatic nitrogens is 8. The van der Waals surface area contributed by atoms with Crippen molar-refractivity contribution in [3.8, 4) is 0 Å². The second-order valence-corrected chi connectivity index (χ2v) is 17.6. The van der Waals surface area contributed by atoms with Crippen molar-refractivity contribution < 1.29 is 50.6 Å². The Bertz CT molecular complexity index is 2140. The molecular weight excluding hydrogens is 764 g/mol. The zero-order chi connectivity index (χ0) is 36.4. The highest BCUT2D eigenvalue weighted by Crippen LogP contribution is 2.58. The van der Waals surface area contributed by atoms with Gasteiger partial charge in [-0.1, -0.05) is 26.1 Å². The van der Waals surface area contributed by atoms with Crippen molar-refractivity contribution in [3.05, 3.63) is 29.3 Å². The highest BCUT2D eigenvalue weighted by molar-refractivity contribution is 8.44. The first-order chi connectivity index (χ1) is 24.1. The van der Waals surface area contributed by atoms with E-state index in [1.54, 1.807) is 13.8 Å². The number of hydrogen-bond donors (Lipinski definition) is 5. The number of nitrogen functional groups attached to an aromatic ring is 1. The molecule has 7 rings (SSSR count). The number of hydrogen-bond acceptors (Lipinski definition) is 16. The molecule has 3 aliphatic heterocycles. The normalized spacial score (nSPS) is 34.9. The zero-order valence-electron chi connectivity index (χ0n) is 26.4. The number of H-pyrrole nitrogens is 1. The van der Waals surface area contributed by atoms with E-state index in [0.717, 1.165) is 10.9 Å². The number of carbonyl (C=O) groups excluding carboxylic acids is 1. The first-order valence-electron chi connectivity index (χ1n) is 15.2. The number of rotatable bonds is 4. The van der Waals surface area contributed by atoms with Crippen LogP contribution < -0.4 is 16.6 Å². The van der Waals surface area contributed by atoms with Gasteiger partial charge in [0.15, 0.2) is 47.4 Å². The van der Waals surface area contributed by atoms with Crippen LogP contribution in [0.5, 0.6) is 0 Å². The molecule has 0 saturated carbocycles. The molecular formula is C25H30F2N10O10P2S2. The summed E-state index contributed by atoms with van der Waals surface area (Å²) in [5.74, 6) is -1.07. The Kier molecular flexibility index (Phi) is 9.80. The van der Waals surface area contributed by atoms with Gasteiger partial charge < -0.3 is 29.1 Å². The molecule has 0 bridgehead atoms. The minimum atomic E-state index is -4.38. The molecule has 10 atom stereocenters. The van der Waals surface area contributed by atoms with E-state index < -0.39 is 93.3 Å². The molecule has 7 heterocycles. The van der Waals surface area contributed by atoms with Crippen molar-refractivity contribution in [1.29, 1.82) is 0 Å². The quantitative estimate of drug-likeness (QED) is 0.146. The van der Waals surface area contributed by atoms with Gasteiger partial charge in [-0.25, -0.2) is 33.3 Å². The number of carbonyl (C=O) groups is 1. The van der Waals surface area contributed by atoms with Crippen LogP contribution in [0.4, 0.5) is 20.5 Å². The van der Waals surface area contributed by atoms with Gasteiger partial charge in [0.1, 0.15) is 30.2 Å². The number of imidazole rings is 2. The number of nitrogens with one attached hydrogen (secondary N) is 2. The van der Waals surface area contributed by atoms with Gasteiger partial charge in [0.25, 0.3) is 5.56 Å². The van der Waals surface area contributed by atoms with Crippen molar-refractivity contribution in [2.75, 3.05) is 24.3 Å². The number of anilines is 2. The first-order valence-corrected chi connectivity index (χ1v) is 20.5. The fourth-order valence-corrected chi connectivity index (χ4v) is 8.73. The van der Waals surface area contributed by atoms with Crippen LogP contribution in [0, 0.1) is 5.92 Å². The maximum absolute atomic E-state index is 16.3. The van der Waals surface area contributed by atoms with Crippen LogP contribution in [-0.2, 0) is 48.7 Å². The topological polar surface area (TPSA) is 255 Å². The fourth-order valence-electron chi connectivity index (χ4n) is 5.76. The van der Waals surface area contributed by atoms with Gasteiger partial charge in [-0.3, -0.25) is 38.1 Å². The molecule has 3 saturated heterocycles. The third-order valence-corrected chi connectivity index (χ3v) is 11.4. The number of ether oxygens (including phenoxy) is 2. The van der Waals surface area contributed by atoms with Gasteiger partial charge in [0, 0.05) is 12.3 Å². The third-order valence-electron chi connectivity index (χ3n) is 8.24. The van der Waals surface area contributed by atoms with Gasteiger partial charge in [-0.15, -0.1) is 0 Å². The highest BCUT2D eigenvalue weighted by atomic mass is 32.7. The summed E-state index contributed by atoms with van der Waals surface area (Å²) in [6.07, 6.45) is -9.70. The van der Waals surface area contributed by atoms with Crippen LogP contribution in [0.25, 0.3) is 22.3 Å². The Morgan fingerprint density at radius 2 is 1.71 bits per heavy atom.